The van der Waals surface area contributed by atoms with E-state index < -0.39 is 16.2 Å². The number of ether oxygens (including phenoxy) is 1. The highest BCUT2D eigenvalue weighted by Gasteiger charge is 2.50. The number of pyridine rings is 3. The molecular weight excluding hydrogens is 923 g/mol. The highest BCUT2D eigenvalue weighted by atomic mass is 16.5. The predicted octanol–water partition coefficient (Wildman–Crippen LogP) is 9.15. The summed E-state index contributed by atoms with van der Waals surface area (Å²) in [7, 11) is 3.24. The van der Waals surface area contributed by atoms with Crippen LogP contribution < -0.4 is 35.4 Å². The third-order valence-corrected chi connectivity index (χ3v) is 14.2. The van der Waals surface area contributed by atoms with Crippen molar-refractivity contribution in [1.82, 2.24) is 15.0 Å². The predicted molar refractivity (Wildman–Crippen MR) is 281 cm³/mol. The van der Waals surface area contributed by atoms with Crippen molar-refractivity contribution in [3.8, 4) is 5.75 Å². The number of aryl methyl sites for hydroxylation is 1. The Kier molecular flexibility index (Phi) is 13.0. The molecule has 0 saturated heterocycles. The molecule has 3 aromatic heterocycles. The van der Waals surface area contributed by atoms with Crippen molar-refractivity contribution >= 4 is 69.6 Å². The highest BCUT2D eigenvalue weighted by molar-refractivity contribution is 6.12. The van der Waals surface area contributed by atoms with E-state index in [1.54, 1.807) is 60.7 Å². The minimum absolute atomic E-state index is 0.0387. The number of hydrogen-bond donors (Lipinski definition) is 3. The number of carbonyl (C=O) groups is 6. The van der Waals surface area contributed by atoms with Crippen molar-refractivity contribution in [2.75, 3.05) is 44.8 Å². The van der Waals surface area contributed by atoms with Crippen molar-refractivity contribution in [3.63, 3.8) is 0 Å². The molecule has 16 heteroatoms. The molecule has 0 atom stereocenters. The van der Waals surface area contributed by atoms with Gasteiger partial charge in [0.2, 0.25) is 17.7 Å². The molecule has 11 rings (SSSR count). The first-order valence-corrected chi connectivity index (χ1v) is 24.4. The summed E-state index contributed by atoms with van der Waals surface area (Å²) in [5.74, 6) is 0.0763. The molecule has 3 aromatic carbocycles. The second-order valence-corrected chi connectivity index (χ2v) is 20.6. The number of hydrogen-bond acceptors (Lipinski definition) is 10. The van der Waals surface area contributed by atoms with Crippen LogP contribution in [0.3, 0.4) is 0 Å². The van der Waals surface area contributed by atoms with Crippen LogP contribution >= 0.6 is 0 Å². The molecular formula is C57H59N9O7. The van der Waals surface area contributed by atoms with Crippen LogP contribution in [0.4, 0.5) is 34.1 Å². The summed E-state index contributed by atoms with van der Waals surface area (Å²) in [5.41, 5.74) is 8.40. The maximum Gasteiger partial charge on any atom is 0.259 e. The van der Waals surface area contributed by atoms with Crippen molar-refractivity contribution in [2.24, 2.45) is 0 Å². The van der Waals surface area contributed by atoms with Crippen LogP contribution in [0.2, 0.25) is 0 Å². The highest BCUT2D eigenvalue weighted by Crippen LogP contribution is 2.49. The standard InChI is InChI=1S/C20H21N3O2.C19H19N3O2.C18H19N3O3/c1-12-10-13(8-9-21-12)18(24)22-14-4-7-16-17(11-14)23(15-5-6-15)19(25)20(16,2)3;1-19(2)15-8-5-13(21-17(23)12-4-3-9-20-11-12)10-16(15)22(18(19)24)14-6-7-14;1-18(2)13-6-5-11(9-14(13)21(3)17(18)23)20-16(22)12-7-8-19-10-15(12)24-4/h4,7-11,15H,5-6H2,1-3H3,(H,22,24);3-5,8-11,14H,6-7H2,1-2H3,(H,21,23);5-10H,1-4H3,(H,20,22). The van der Waals surface area contributed by atoms with E-state index in [1.807, 2.05) is 107 Å². The molecule has 2 aliphatic carbocycles. The van der Waals surface area contributed by atoms with E-state index >= 15 is 0 Å². The van der Waals surface area contributed by atoms with E-state index in [9.17, 15) is 28.8 Å². The number of aromatic nitrogens is 3. The molecule has 0 spiro atoms. The van der Waals surface area contributed by atoms with Gasteiger partial charge in [-0.3, -0.25) is 43.7 Å². The normalized spacial score (nSPS) is 17.3. The quantitative estimate of drug-likeness (QED) is 0.126. The Morgan fingerprint density at radius 3 is 1.53 bits per heavy atom. The first kappa shape index (κ1) is 49.7. The van der Waals surface area contributed by atoms with Gasteiger partial charge in [0, 0.05) is 77.9 Å². The lowest BCUT2D eigenvalue weighted by Crippen LogP contribution is -2.37. The van der Waals surface area contributed by atoms with Crippen molar-refractivity contribution in [1.29, 1.82) is 0 Å². The SMILES string of the molecule is CC1(C)C(=O)N(C2CC2)c2cc(NC(=O)c3cccnc3)ccc21.COc1cnccc1C(=O)Nc1ccc2c(c1)N(C)C(=O)C2(C)C.Cc1cc(C(=O)Nc2ccc3c(c2)N(C2CC2)C(=O)C3(C)C)ccn1. The first-order chi connectivity index (χ1) is 34.7. The van der Waals surface area contributed by atoms with Gasteiger partial charge in [-0.25, -0.2) is 0 Å². The Balaban J connectivity index is 0.000000135. The van der Waals surface area contributed by atoms with Crippen LogP contribution in [0.1, 0.15) is 121 Å². The van der Waals surface area contributed by atoms with Crippen LogP contribution in [0.15, 0.2) is 116 Å². The number of nitrogens with one attached hydrogen (secondary N) is 3. The van der Waals surface area contributed by atoms with Gasteiger partial charge < -0.3 is 35.4 Å². The van der Waals surface area contributed by atoms with Gasteiger partial charge in [0.05, 0.1) is 52.1 Å². The summed E-state index contributed by atoms with van der Waals surface area (Å²) >= 11 is 0. The van der Waals surface area contributed by atoms with Gasteiger partial charge in [-0.2, -0.15) is 0 Å². The summed E-state index contributed by atoms with van der Waals surface area (Å²) in [6.45, 7) is 13.5. The lowest BCUT2D eigenvalue weighted by molar-refractivity contribution is -0.122. The molecule has 0 bridgehead atoms. The van der Waals surface area contributed by atoms with E-state index in [-0.39, 0.29) is 35.4 Å². The van der Waals surface area contributed by atoms with E-state index in [4.69, 9.17) is 4.74 Å². The van der Waals surface area contributed by atoms with Gasteiger partial charge >= 0.3 is 0 Å². The summed E-state index contributed by atoms with van der Waals surface area (Å²) in [6, 6.07) is 26.1. The third-order valence-electron chi connectivity index (χ3n) is 14.2. The van der Waals surface area contributed by atoms with Crippen LogP contribution in [-0.2, 0) is 30.6 Å². The molecule has 6 aromatic rings. The second kappa shape index (κ2) is 19.1. The van der Waals surface area contributed by atoms with E-state index in [2.05, 4.69) is 30.9 Å². The van der Waals surface area contributed by atoms with Crippen LogP contribution in [0.5, 0.6) is 5.75 Å². The third kappa shape index (κ3) is 9.52. The maximum atomic E-state index is 12.8. The van der Waals surface area contributed by atoms with Gasteiger partial charge in [-0.15, -0.1) is 0 Å². The Labute approximate surface area is 424 Å². The molecule has 3 aliphatic heterocycles. The van der Waals surface area contributed by atoms with Gasteiger partial charge in [0.1, 0.15) is 5.75 Å². The fourth-order valence-electron chi connectivity index (χ4n) is 9.69. The zero-order chi connectivity index (χ0) is 52.1. The molecule has 73 heavy (non-hydrogen) atoms. The summed E-state index contributed by atoms with van der Waals surface area (Å²) in [5, 5.41) is 8.67. The average molecular weight is 982 g/mol. The monoisotopic (exact) mass is 981 g/mol. The fraction of sp³-hybridized carbons (Fsp3) is 0.316. The minimum atomic E-state index is -0.555. The number of fused-ring (bicyclic) bond motifs is 3. The summed E-state index contributed by atoms with van der Waals surface area (Å²) in [4.78, 5) is 92.6. The Morgan fingerprint density at radius 2 is 1.04 bits per heavy atom. The molecule has 16 nitrogen and oxygen atoms in total. The molecule has 2 saturated carbocycles. The first-order valence-electron chi connectivity index (χ1n) is 24.4. The number of amides is 6. The number of rotatable bonds is 9. The summed E-state index contributed by atoms with van der Waals surface area (Å²) in [6.07, 6.45) is 12.0. The van der Waals surface area contributed by atoms with Gasteiger partial charge in [-0.1, -0.05) is 18.2 Å². The molecule has 2 fully saturated rings. The molecule has 5 aliphatic rings. The topological polar surface area (TPSA) is 196 Å². The van der Waals surface area contributed by atoms with E-state index in [1.165, 1.54) is 25.7 Å². The Bertz CT molecular complexity index is 3220. The molecule has 0 radical (unpaired) electrons. The van der Waals surface area contributed by atoms with Crippen molar-refractivity contribution in [3.05, 3.63) is 155 Å². The number of methoxy groups -OCH3 is 1. The minimum Gasteiger partial charge on any atom is -0.494 e. The number of carbonyl (C=O) groups excluding carboxylic acids is 6. The molecule has 6 amide bonds. The molecule has 3 N–H and O–H groups in total. The smallest absolute Gasteiger partial charge is 0.259 e. The zero-order valence-electron chi connectivity index (χ0n) is 42.5. The Morgan fingerprint density at radius 1 is 0.562 bits per heavy atom. The molecule has 374 valence electrons. The lowest BCUT2D eigenvalue weighted by atomic mass is 9.86. The number of nitrogens with zero attached hydrogens (tertiary/aromatic N) is 6. The fourth-order valence-corrected chi connectivity index (χ4v) is 9.69. The number of benzene rings is 3. The number of likely N-dealkylation sites (N-methyl/N-ethyl adjacent to an activating group) is 1. The van der Waals surface area contributed by atoms with Crippen LogP contribution in [0, 0.1) is 6.92 Å². The van der Waals surface area contributed by atoms with Gasteiger partial charge in [0.15, 0.2) is 0 Å². The number of anilines is 6. The maximum absolute atomic E-state index is 12.8. The van der Waals surface area contributed by atoms with Crippen LogP contribution in [-0.4, -0.2) is 76.6 Å². The van der Waals surface area contributed by atoms with Gasteiger partial charge in [0.25, 0.3) is 17.7 Å². The van der Waals surface area contributed by atoms with Crippen molar-refractivity contribution < 1.29 is 33.5 Å². The molecule has 6 heterocycles. The summed E-state index contributed by atoms with van der Waals surface area (Å²) < 4.78 is 5.16. The molecule has 0 unspecified atom stereocenters. The van der Waals surface area contributed by atoms with E-state index in [0.717, 1.165) is 65.1 Å². The second-order valence-electron chi connectivity index (χ2n) is 20.6. The zero-order valence-corrected chi connectivity index (χ0v) is 42.5. The van der Waals surface area contributed by atoms with E-state index in [0.29, 0.717) is 51.6 Å². The largest absolute Gasteiger partial charge is 0.494 e. The lowest BCUT2D eigenvalue weighted by Gasteiger charge is -2.19. The average Bonchev–Trinajstić information content (AvgIpc) is 4.33. The van der Waals surface area contributed by atoms with Crippen LogP contribution in [0.25, 0.3) is 0 Å². The van der Waals surface area contributed by atoms with Crippen molar-refractivity contribution in [2.45, 2.75) is 102 Å². The van der Waals surface area contributed by atoms with Gasteiger partial charge in [-0.05, 0) is 158 Å². The Hall–Kier alpha value is -8.27.